The molecule has 21 heavy (non-hydrogen) atoms. The second-order valence-electron chi connectivity index (χ2n) is 6.35. The summed E-state index contributed by atoms with van der Waals surface area (Å²) in [6.07, 6.45) is 0.850. The van der Waals surface area contributed by atoms with Gasteiger partial charge in [0.2, 0.25) is 10.0 Å². The van der Waals surface area contributed by atoms with E-state index in [1.807, 2.05) is 0 Å². The van der Waals surface area contributed by atoms with E-state index in [0.29, 0.717) is 10.8 Å². The van der Waals surface area contributed by atoms with Gasteiger partial charge in [-0.05, 0) is 36.1 Å². The number of nitrogens with zero attached hydrogens (tertiary/aromatic N) is 1. The summed E-state index contributed by atoms with van der Waals surface area (Å²) in [6, 6.07) is 7.06. The van der Waals surface area contributed by atoms with Gasteiger partial charge in [-0.3, -0.25) is 0 Å². The molecule has 6 heteroatoms. The molecule has 0 aliphatic carbocycles. The van der Waals surface area contributed by atoms with Crippen molar-refractivity contribution >= 4 is 27.3 Å². The normalized spacial score (nSPS) is 14.2. The van der Waals surface area contributed by atoms with Crippen molar-refractivity contribution in [2.75, 3.05) is 25.3 Å². The molecular formula is C15H25ClN2O2S. The molecule has 0 radical (unpaired) electrons. The van der Waals surface area contributed by atoms with Gasteiger partial charge in [-0.25, -0.2) is 12.7 Å². The van der Waals surface area contributed by atoms with E-state index in [1.165, 1.54) is 18.4 Å². The smallest absolute Gasteiger partial charge is 0.242 e. The summed E-state index contributed by atoms with van der Waals surface area (Å²) in [5, 5.41) is 3.43. The van der Waals surface area contributed by atoms with Crippen molar-refractivity contribution in [2.24, 2.45) is 5.41 Å². The molecule has 0 aliphatic heterocycles. The molecule has 1 aromatic carbocycles. The fourth-order valence-electron chi connectivity index (χ4n) is 1.97. The molecule has 0 fully saturated rings. The lowest BCUT2D eigenvalue weighted by atomic mass is 9.85. The molecule has 1 unspecified atom stereocenters. The van der Waals surface area contributed by atoms with E-state index < -0.39 is 10.0 Å². The highest BCUT2D eigenvalue weighted by Crippen LogP contribution is 2.26. The Kier molecular flexibility index (Phi) is 6.08. The number of halogens is 1. The third kappa shape index (κ3) is 4.87. The summed E-state index contributed by atoms with van der Waals surface area (Å²) in [4.78, 5) is 0.294. The van der Waals surface area contributed by atoms with Crippen LogP contribution in [0.15, 0.2) is 29.2 Å². The van der Waals surface area contributed by atoms with Crippen molar-refractivity contribution in [3.63, 3.8) is 0 Å². The topological polar surface area (TPSA) is 49.4 Å². The predicted octanol–water partition coefficient (Wildman–Crippen LogP) is 3.39. The largest absolute Gasteiger partial charge is 0.382 e. The van der Waals surface area contributed by atoms with Crippen molar-refractivity contribution in [3.8, 4) is 0 Å². The van der Waals surface area contributed by atoms with Crippen LogP contribution >= 0.6 is 11.6 Å². The lowest BCUT2D eigenvalue weighted by Gasteiger charge is -2.32. The molecule has 1 N–H and O–H groups in total. The first-order valence-corrected chi connectivity index (χ1v) is 8.91. The van der Waals surface area contributed by atoms with Gasteiger partial charge in [0.1, 0.15) is 0 Å². The number of benzene rings is 1. The number of nitrogens with one attached hydrogen (secondary N) is 1. The maximum Gasteiger partial charge on any atom is 0.242 e. The number of alkyl halides is 1. The van der Waals surface area contributed by atoms with Gasteiger partial charge in [-0.15, -0.1) is 11.6 Å². The highest BCUT2D eigenvalue weighted by molar-refractivity contribution is 7.89. The summed E-state index contributed by atoms with van der Waals surface area (Å²) in [6.45, 7) is 6.46. The molecule has 0 saturated heterocycles. The van der Waals surface area contributed by atoms with Crippen molar-refractivity contribution in [3.05, 3.63) is 24.3 Å². The second-order valence-corrected chi connectivity index (χ2v) is 8.88. The van der Waals surface area contributed by atoms with Crippen LogP contribution in [-0.2, 0) is 10.0 Å². The van der Waals surface area contributed by atoms with Crippen LogP contribution in [0.2, 0.25) is 0 Å². The quantitative estimate of drug-likeness (QED) is 0.812. The Morgan fingerprint density at radius 3 is 2.10 bits per heavy atom. The SMILES string of the molecule is CN(C)S(=O)(=O)c1ccc(NC(CCCl)C(C)(C)C)cc1. The van der Waals surface area contributed by atoms with Crippen LogP contribution in [0.5, 0.6) is 0 Å². The number of hydrogen-bond acceptors (Lipinski definition) is 3. The van der Waals surface area contributed by atoms with Gasteiger partial charge in [0.15, 0.2) is 0 Å². The fraction of sp³-hybridized carbons (Fsp3) is 0.600. The van der Waals surface area contributed by atoms with Crippen molar-refractivity contribution in [1.29, 1.82) is 0 Å². The van der Waals surface area contributed by atoms with Crippen LogP contribution < -0.4 is 5.32 Å². The standard InChI is InChI=1S/C15H25ClN2O2S/c1-15(2,3)14(10-11-16)17-12-6-8-13(9-7-12)21(19,20)18(4)5/h6-9,14,17H,10-11H2,1-5H3. The molecule has 0 aliphatic rings. The van der Waals surface area contributed by atoms with Crippen LogP contribution in [0.1, 0.15) is 27.2 Å². The third-order valence-electron chi connectivity index (χ3n) is 3.42. The van der Waals surface area contributed by atoms with E-state index >= 15 is 0 Å². The first-order valence-electron chi connectivity index (χ1n) is 6.94. The van der Waals surface area contributed by atoms with E-state index in [9.17, 15) is 8.42 Å². The van der Waals surface area contributed by atoms with E-state index in [-0.39, 0.29) is 11.5 Å². The molecule has 0 aromatic heterocycles. The molecule has 1 aromatic rings. The van der Waals surface area contributed by atoms with Crippen molar-refractivity contribution in [1.82, 2.24) is 4.31 Å². The zero-order valence-electron chi connectivity index (χ0n) is 13.4. The van der Waals surface area contributed by atoms with Gasteiger partial charge in [0, 0.05) is 31.7 Å². The molecule has 4 nitrogen and oxygen atoms in total. The minimum Gasteiger partial charge on any atom is -0.382 e. The van der Waals surface area contributed by atoms with Gasteiger partial charge in [0.05, 0.1) is 4.90 Å². The molecule has 0 bridgehead atoms. The molecule has 1 atom stereocenters. The Morgan fingerprint density at radius 2 is 1.71 bits per heavy atom. The summed E-state index contributed by atoms with van der Waals surface area (Å²) in [5.41, 5.74) is 0.973. The maximum atomic E-state index is 12.0. The van der Waals surface area contributed by atoms with E-state index in [1.54, 1.807) is 24.3 Å². The maximum absolute atomic E-state index is 12.0. The lowest BCUT2D eigenvalue weighted by Crippen LogP contribution is -2.34. The Morgan fingerprint density at radius 1 is 1.19 bits per heavy atom. The van der Waals surface area contributed by atoms with Gasteiger partial charge < -0.3 is 5.32 Å². The molecule has 0 spiro atoms. The highest BCUT2D eigenvalue weighted by Gasteiger charge is 2.24. The number of rotatable bonds is 6. The Hall–Kier alpha value is -0.780. The summed E-state index contributed by atoms with van der Waals surface area (Å²) in [7, 11) is -0.326. The number of sulfonamides is 1. The predicted molar refractivity (Wildman–Crippen MR) is 89.5 cm³/mol. The van der Waals surface area contributed by atoms with E-state index in [0.717, 1.165) is 12.1 Å². The monoisotopic (exact) mass is 332 g/mol. The zero-order valence-corrected chi connectivity index (χ0v) is 14.9. The molecule has 120 valence electrons. The van der Waals surface area contributed by atoms with Gasteiger partial charge in [-0.1, -0.05) is 20.8 Å². The first-order chi connectivity index (χ1) is 9.59. The summed E-state index contributed by atoms with van der Waals surface area (Å²) in [5.74, 6) is 0.585. The Bertz CT molecular complexity index is 548. The van der Waals surface area contributed by atoms with Crippen LogP contribution in [0.25, 0.3) is 0 Å². The van der Waals surface area contributed by atoms with Crippen LogP contribution in [0, 0.1) is 5.41 Å². The zero-order chi connectivity index (χ0) is 16.3. The van der Waals surface area contributed by atoms with E-state index in [2.05, 4.69) is 26.1 Å². The lowest BCUT2D eigenvalue weighted by molar-refractivity contribution is 0.334. The van der Waals surface area contributed by atoms with Crippen molar-refractivity contribution < 1.29 is 8.42 Å². The molecule has 0 heterocycles. The van der Waals surface area contributed by atoms with Crippen LogP contribution in [-0.4, -0.2) is 38.7 Å². The number of hydrogen-bond donors (Lipinski definition) is 1. The third-order valence-corrected chi connectivity index (χ3v) is 5.46. The molecule has 1 rings (SSSR count). The minimum absolute atomic E-state index is 0.0727. The van der Waals surface area contributed by atoms with Gasteiger partial charge >= 0.3 is 0 Å². The van der Waals surface area contributed by atoms with Crippen LogP contribution in [0.3, 0.4) is 0 Å². The molecule has 0 saturated carbocycles. The van der Waals surface area contributed by atoms with Gasteiger partial charge in [-0.2, -0.15) is 0 Å². The Labute approximate surface area is 133 Å². The van der Waals surface area contributed by atoms with Crippen LogP contribution in [0.4, 0.5) is 5.69 Å². The summed E-state index contributed by atoms with van der Waals surface area (Å²) < 4.78 is 25.2. The first kappa shape index (κ1) is 18.3. The highest BCUT2D eigenvalue weighted by atomic mass is 35.5. The minimum atomic E-state index is -3.38. The molecule has 0 amide bonds. The average Bonchev–Trinajstić information content (AvgIpc) is 2.37. The molecular weight excluding hydrogens is 308 g/mol. The fourth-order valence-corrected chi connectivity index (χ4v) is 3.09. The van der Waals surface area contributed by atoms with E-state index in [4.69, 9.17) is 11.6 Å². The van der Waals surface area contributed by atoms with Gasteiger partial charge in [0.25, 0.3) is 0 Å². The Balaban J connectivity index is 2.93. The van der Waals surface area contributed by atoms with Crippen molar-refractivity contribution in [2.45, 2.75) is 38.1 Å². The average molecular weight is 333 g/mol. The number of anilines is 1. The second kappa shape index (κ2) is 6.99. The summed E-state index contributed by atoms with van der Waals surface area (Å²) >= 11 is 5.86.